The summed E-state index contributed by atoms with van der Waals surface area (Å²) in [5, 5.41) is 8.60. The predicted octanol–water partition coefficient (Wildman–Crippen LogP) is 3.61. The smallest absolute Gasteiger partial charge is 0.0431 e. The van der Waals surface area contributed by atoms with E-state index < -0.39 is 0 Å². The second-order valence-electron chi connectivity index (χ2n) is 4.29. The molecule has 0 radical (unpaired) electrons. The van der Waals surface area contributed by atoms with Crippen LogP contribution in [-0.2, 0) is 0 Å². The largest absolute Gasteiger partial charge is 0.396 e. The summed E-state index contributed by atoms with van der Waals surface area (Å²) in [5.41, 5.74) is 0. The lowest BCUT2D eigenvalue weighted by Crippen LogP contribution is -2.06. The van der Waals surface area contributed by atoms with Crippen molar-refractivity contribution in [2.75, 3.05) is 6.61 Å². The molecule has 0 aromatic carbocycles. The fraction of sp³-hybridized carbons (Fsp3) is 1.00. The summed E-state index contributed by atoms with van der Waals surface area (Å²) < 4.78 is 0. The first-order chi connectivity index (χ1) is 6.22. The van der Waals surface area contributed by atoms with Gasteiger partial charge in [-0.05, 0) is 18.3 Å². The lowest BCUT2D eigenvalue weighted by molar-refractivity contribution is 0.279. The first-order valence-electron chi connectivity index (χ1n) is 5.83. The van der Waals surface area contributed by atoms with Crippen molar-refractivity contribution >= 4 is 0 Å². The van der Waals surface area contributed by atoms with E-state index in [9.17, 15) is 0 Å². The molecule has 0 aliphatic carbocycles. The zero-order valence-electron chi connectivity index (χ0n) is 9.55. The molecule has 0 amide bonds. The predicted molar refractivity (Wildman–Crippen MR) is 58.8 cm³/mol. The number of aliphatic hydroxyl groups excluding tert-OH is 1. The number of hydrogen-bond donors (Lipinski definition) is 1. The fourth-order valence-electron chi connectivity index (χ4n) is 1.62. The topological polar surface area (TPSA) is 20.2 Å². The molecule has 0 bridgehead atoms. The van der Waals surface area contributed by atoms with Crippen molar-refractivity contribution in [2.45, 2.75) is 59.3 Å². The summed E-state index contributed by atoms with van der Waals surface area (Å²) in [7, 11) is 0. The van der Waals surface area contributed by atoms with Crippen molar-refractivity contribution in [3.63, 3.8) is 0 Å². The molecule has 1 N–H and O–H groups in total. The van der Waals surface area contributed by atoms with Crippen LogP contribution in [0, 0.1) is 11.8 Å². The molecule has 0 rings (SSSR count). The lowest BCUT2D eigenvalue weighted by Gasteiger charge is -2.17. The van der Waals surface area contributed by atoms with Crippen LogP contribution in [0.3, 0.4) is 0 Å². The highest BCUT2D eigenvalue weighted by atomic mass is 16.2. The minimum atomic E-state index is 0.362. The first kappa shape index (κ1) is 13.0. The normalized spacial score (nSPS) is 15.7. The van der Waals surface area contributed by atoms with Gasteiger partial charge >= 0.3 is 0 Å². The van der Waals surface area contributed by atoms with Gasteiger partial charge in [-0.25, -0.2) is 0 Å². The third-order valence-corrected chi connectivity index (χ3v) is 3.18. The maximum Gasteiger partial charge on any atom is 0.0431 e. The Morgan fingerprint density at radius 2 is 1.54 bits per heavy atom. The van der Waals surface area contributed by atoms with Crippen molar-refractivity contribution in [2.24, 2.45) is 11.8 Å². The van der Waals surface area contributed by atoms with Crippen LogP contribution in [0.5, 0.6) is 0 Å². The van der Waals surface area contributed by atoms with Gasteiger partial charge in [0.15, 0.2) is 0 Å². The van der Waals surface area contributed by atoms with Crippen molar-refractivity contribution in [1.82, 2.24) is 0 Å². The Morgan fingerprint density at radius 3 is 2.08 bits per heavy atom. The highest BCUT2D eigenvalue weighted by Gasteiger charge is 2.08. The van der Waals surface area contributed by atoms with E-state index in [1.165, 1.54) is 32.1 Å². The monoisotopic (exact) mass is 186 g/mol. The van der Waals surface area contributed by atoms with Crippen molar-refractivity contribution < 1.29 is 5.11 Å². The van der Waals surface area contributed by atoms with E-state index in [1.807, 2.05) is 0 Å². The summed E-state index contributed by atoms with van der Waals surface area (Å²) >= 11 is 0. The Kier molecular flexibility index (Phi) is 8.53. The van der Waals surface area contributed by atoms with E-state index in [2.05, 4.69) is 20.8 Å². The van der Waals surface area contributed by atoms with Gasteiger partial charge in [0.2, 0.25) is 0 Å². The van der Waals surface area contributed by atoms with Crippen LogP contribution in [0.1, 0.15) is 59.3 Å². The van der Waals surface area contributed by atoms with Crippen LogP contribution >= 0.6 is 0 Å². The second-order valence-corrected chi connectivity index (χ2v) is 4.29. The van der Waals surface area contributed by atoms with Crippen LogP contribution in [0.2, 0.25) is 0 Å². The molecule has 80 valence electrons. The SMILES string of the molecule is CCC(C)[C@@H](C)CCCCCCO. The standard InChI is InChI=1S/C12H26O/c1-4-11(2)12(3)9-7-5-6-8-10-13/h11-13H,4-10H2,1-3H3/t11?,12-/m0/s1. The van der Waals surface area contributed by atoms with Crippen LogP contribution in [0.15, 0.2) is 0 Å². The average Bonchev–Trinajstić information content (AvgIpc) is 2.16. The van der Waals surface area contributed by atoms with Crippen LogP contribution in [0.4, 0.5) is 0 Å². The zero-order valence-corrected chi connectivity index (χ0v) is 9.55. The average molecular weight is 186 g/mol. The Bertz CT molecular complexity index is 101. The molecule has 13 heavy (non-hydrogen) atoms. The quantitative estimate of drug-likeness (QED) is 0.574. The van der Waals surface area contributed by atoms with Crippen LogP contribution in [-0.4, -0.2) is 11.7 Å². The van der Waals surface area contributed by atoms with E-state index in [1.54, 1.807) is 0 Å². The van der Waals surface area contributed by atoms with Gasteiger partial charge in [-0.15, -0.1) is 0 Å². The van der Waals surface area contributed by atoms with Gasteiger partial charge in [0.05, 0.1) is 0 Å². The van der Waals surface area contributed by atoms with Crippen molar-refractivity contribution in [3.8, 4) is 0 Å². The van der Waals surface area contributed by atoms with Crippen molar-refractivity contribution in [1.29, 1.82) is 0 Å². The van der Waals surface area contributed by atoms with Crippen LogP contribution < -0.4 is 0 Å². The molecule has 1 unspecified atom stereocenters. The molecule has 0 heterocycles. The van der Waals surface area contributed by atoms with E-state index in [-0.39, 0.29) is 0 Å². The summed E-state index contributed by atoms with van der Waals surface area (Å²) in [5.74, 6) is 1.75. The summed E-state index contributed by atoms with van der Waals surface area (Å²) in [6, 6.07) is 0. The molecule has 1 heteroatoms. The minimum absolute atomic E-state index is 0.362. The molecule has 0 fully saturated rings. The molecule has 0 aromatic rings. The maximum absolute atomic E-state index is 8.60. The van der Waals surface area contributed by atoms with E-state index >= 15 is 0 Å². The maximum atomic E-state index is 8.60. The Hall–Kier alpha value is -0.0400. The molecule has 0 aromatic heterocycles. The first-order valence-corrected chi connectivity index (χ1v) is 5.83. The van der Waals surface area contributed by atoms with Gasteiger partial charge in [-0.1, -0.05) is 52.9 Å². The third-order valence-electron chi connectivity index (χ3n) is 3.18. The fourth-order valence-corrected chi connectivity index (χ4v) is 1.62. The van der Waals surface area contributed by atoms with E-state index in [0.717, 1.165) is 18.3 Å². The second kappa shape index (κ2) is 8.55. The molecular weight excluding hydrogens is 160 g/mol. The van der Waals surface area contributed by atoms with E-state index in [4.69, 9.17) is 5.11 Å². The van der Waals surface area contributed by atoms with Crippen LogP contribution in [0.25, 0.3) is 0 Å². The summed E-state index contributed by atoms with van der Waals surface area (Å²) in [4.78, 5) is 0. The molecular formula is C12H26O. The zero-order chi connectivity index (χ0) is 10.1. The highest BCUT2D eigenvalue weighted by Crippen LogP contribution is 2.20. The molecule has 0 aliphatic heterocycles. The Morgan fingerprint density at radius 1 is 0.923 bits per heavy atom. The number of hydrogen-bond acceptors (Lipinski definition) is 1. The Balaban J connectivity index is 3.21. The molecule has 0 saturated carbocycles. The number of rotatable bonds is 8. The molecule has 0 aliphatic rings. The number of aliphatic hydroxyl groups is 1. The molecule has 1 nitrogen and oxygen atoms in total. The lowest BCUT2D eigenvalue weighted by atomic mass is 9.89. The van der Waals surface area contributed by atoms with Gasteiger partial charge in [-0.3, -0.25) is 0 Å². The van der Waals surface area contributed by atoms with Gasteiger partial charge < -0.3 is 5.11 Å². The molecule has 2 atom stereocenters. The van der Waals surface area contributed by atoms with Gasteiger partial charge in [-0.2, -0.15) is 0 Å². The highest BCUT2D eigenvalue weighted by molar-refractivity contribution is 4.60. The molecule has 0 saturated heterocycles. The minimum Gasteiger partial charge on any atom is -0.396 e. The summed E-state index contributed by atoms with van der Waals surface area (Å²) in [6.07, 6.45) is 7.48. The van der Waals surface area contributed by atoms with Gasteiger partial charge in [0, 0.05) is 6.61 Å². The summed E-state index contributed by atoms with van der Waals surface area (Å²) in [6.45, 7) is 7.34. The van der Waals surface area contributed by atoms with Gasteiger partial charge in [0.25, 0.3) is 0 Å². The van der Waals surface area contributed by atoms with Crippen molar-refractivity contribution in [3.05, 3.63) is 0 Å². The Labute approximate surface area is 83.5 Å². The van der Waals surface area contributed by atoms with E-state index in [0.29, 0.717) is 6.61 Å². The molecule has 0 spiro atoms. The number of unbranched alkanes of at least 4 members (excludes halogenated alkanes) is 3. The van der Waals surface area contributed by atoms with Gasteiger partial charge in [0.1, 0.15) is 0 Å². The third kappa shape index (κ3) is 7.06.